The lowest BCUT2D eigenvalue weighted by atomic mass is 10.1. The van der Waals surface area contributed by atoms with E-state index in [1.807, 2.05) is 17.0 Å². The Labute approximate surface area is 197 Å². The molecule has 3 unspecified atom stereocenters. The van der Waals surface area contributed by atoms with Gasteiger partial charge < -0.3 is 10.6 Å². The highest BCUT2D eigenvalue weighted by Crippen LogP contribution is 2.59. The van der Waals surface area contributed by atoms with Gasteiger partial charge in [-0.1, -0.05) is 13.0 Å². The van der Waals surface area contributed by atoms with Crippen LogP contribution in [0.2, 0.25) is 0 Å². The molecule has 2 aliphatic carbocycles. The number of anilines is 2. The number of nitrogens with zero attached hydrogens (tertiary/aromatic N) is 5. The van der Waals surface area contributed by atoms with Crippen molar-refractivity contribution in [2.45, 2.75) is 45.1 Å². The Balaban J connectivity index is 0.000000183. The molecule has 0 amide bonds. The zero-order valence-electron chi connectivity index (χ0n) is 19.3. The first-order valence-electron chi connectivity index (χ1n) is 11.6. The lowest BCUT2D eigenvalue weighted by Gasteiger charge is -2.20. The minimum atomic E-state index is -2.47. The van der Waals surface area contributed by atoms with Gasteiger partial charge in [0.1, 0.15) is 11.6 Å². The summed E-state index contributed by atoms with van der Waals surface area (Å²) in [5.41, 5.74) is 9.92. The van der Waals surface area contributed by atoms with Crippen LogP contribution in [0.1, 0.15) is 53.2 Å². The molecule has 6 rings (SSSR count). The molecule has 2 fully saturated rings. The van der Waals surface area contributed by atoms with E-state index in [4.69, 9.17) is 5.73 Å². The number of alkyl halides is 2. The van der Waals surface area contributed by atoms with Crippen molar-refractivity contribution < 1.29 is 13.6 Å². The fraction of sp³-hybridized carbons (Fsp3) is 0.440. The van der Waals surface area contributed by atoms with Crippen LogP contribution in [-0.2, 0) is 13.0 Å². The molecule has 0 spiro atoms. The molecule has 4 heterocycles. The van der Waals surface area contributed by atoms with Gasteiger partial charge >= 0.3 is 0 Å². The van der Waals surface area contributed by atoms with Crippen LogP contribution < -0.4 is 10.6 Å². The first-order chi connectivity index (χ1) is 16.2. The normalized spacial score (nSPS) is 23.6. The number of piperidine rings is 1. The third-order valence-corrected chi connectivity index (χ3v) is 7.20. The number of nitrogens with two attached hydrogens (primary N) is 1. The molecule has 2 N–H and O–H groups in total. The van der Waals surface area contributed by atoms with Crippen LogP contribution in [0.15, 0.2) is 43.0 Å². The number of Topliss-reactive ketones (excluding diaryl/α,β-unsaturated/α-hetero) is 1. The fourth-order valence-corrected chi connectivity index (χ4v) is 4.99. The molecular weight excluding hydrogens is 438 g/mol. The number of halogens is 2. The number of hydrogen-bond acceptors (Lipinski definition) is 6. The molecule has 3 atom stereocenters. The predicted molar refractivity (Wildman–Crippen MR) is 125 cm³/mol. The number of fused-ring (bicyclic) bond motifs is 2. The standard InChI is InChI=1S/C16H16F2N4O.C9H12N2/c1-10(23)12-5-20-22(7-12)6-11-2-3-15(19-4-11)21-8-13-14(9-21)16(13,17)18;1-6-2-3-8-7(6)4-5-11-9(8)10/h2-5,7,13-14H,6,8-9H2,1H3;4-6H,2-3H2,1H3,(H2,10,11). The first kappa shape index (κ1) is 22.4. The lowest BCUT2D eigenvalue weighted by Crippen LogP contribution is -2.28. The first-order valence-corrected chi connectivity index (χ1v) is 11.6. The molecule has 0 aromatic carbocycles. The van der Waals surface area contributed by atoms with E-state index < -0.39 is 17.8 Å². The maximum atomic E-state index is 13.2. The Morgan fingerprint density at radius 3 is 2.56 bits per heavy atom. The summed E-state index contributed by atoms with van der Waals surface area (Å²) < 4.78 is 28.1. The maximum Gasteiger partial charge on any atom is 0.258 e. The second-order valence-electron chi connectivity index (χ2n) is 9.50. The van der Waals surface area contributed by atoms with Crippen LogP contribution in [0.25, 0.3) is 0 Å². The van der Waals surface area contributed by atoms with E-state index >= 15 is 0 Å². The van der Waals surface area contributed by atoms with Crippen LogP contribution in [-0.4, -0.2) is 44.5 Å². The van der Waals surface area contributed by atoms with Gasteiger partial charge in [0.15, 0.2) is 5.78 Å². The smallest absolute Gasteiger partial charge is 0.258 e. The molecule has 1 saturated heterocycles. The molecule has 9 heteroatoms. The van der Waals surface area contributed by atoms with E-state index in [2.05, 4.69) is 28.1 Å². The van der Waals surface area contributed by atoms with Crippen LogP contribution in [0.3, 0.4) is 0 Å². The molecule has 178 valence electrons. The van der Waals surface area contributed by atoms with Gasteiger partial charge in [0, 0.05) is 31.7 Å². The Kier molecular flexibility index (Phi) is 5.58. The molecule has 3 aliphatic rings. The van der Waals surface area contributed by atoms with Gasteiger partial charge in [0.25, 0.3) is 5.92 Å². The summed E-state index contributed by atoms with van der Waals surface area (Å²) in [4.78, 5) is 21.6. The number of nitrogen functional groups attached to an aromatic ring is 1. The van der Waals surface area contributed by atoms with Gasteiger partial charge in [-0.2, -0.15) is 5.10 Å². The van der Waals surface area contributed by atoms with Gasteiger partial charge in [-0.25, -0.2) is 18.7 Å². The average molecular weight is 467 g/mol. The summed E-state index contributed by atoms with van der Waals surface area (Å²) in [6.07, 6.45) is 9.11. The van der Waals surface area contributed by atoms with Crippen molar-refractivity contribution in [3.8, 4) is 0 Å². The van der Waals surface area contributed by atoms with Crippen molar-refractivity contribution >= 4 is 17.4 Å². The van der Waals surface area contributed by atoms with Gasteiger partial charge in [-0.15, -0.1) is 0 Å². The number of pyridine rings is 2. The highest BCUT2D eigenvalue weighted by atomic mass is 19.3. The molecule has 1 aliphatic heterocycles. The van der Waals surface area contributed by atoms with Gasteiger partial charge in [-0.05, 0) is 54.5 Å². The van der Waals surface area contributed by atoms with E-state index in [0.29, 0.717) is 31.1 Å². The summed E-state index contributed by atoms with van der Waals surface area (Å²) in [5.74, 6) is -1.35. The SMILES string of the molecule is CC(=O)c1cnn(Cc2ccc(N3CC4C(C3)C4(F)F)nc2)c1.CC1CCc2c1ccnc2N. The zero-order valence-corrected chi connectivity index (χ0v) is 19.3. The van der Waals surface area contributed by atoms with Crippen molar-refractivity contribution in [1.29, 1.82) is 0 Å². The molecule has 7 nitrogen and oxygen atoms in total. The van der Waals surface area contributed by atoms with Gasteiger partial charge in [0.05, 0.1) is 30.1 Å². The summed E-state index contributed by atoms with van der Waals surface area (Å²) >= 11 is 0. The van der Waals surface area contributed by atoms with Crippen molar-refractivity contribution in [3.63, 3.8) is 0 Å². The second kappa shape index (κ2) is 8.45. The minimum absolute atomic E-state index is 0.0193. The Morgan fingerprint density at radius 2 is 1.94 bits per heavy atom. The number of hydrogen-bond donors (Lipinski definition) is 1. The van der Waals surface area contributed by atoms with Crippen LogP contribution in [0, 0.1) is 11.8 Å². The van der Waals surface area contributed by atoms with E-state index in [1.165, 1.54) is 24.5 Å². The number of ketones is 1. The van der Waals surface area contributed by atoms with Crippen molar-refractivity contribution in [2.75, 3.05) is 23.7 Å². The summed E-state index contributed by atoms with van der Waals surface area (Å²) in [5, 5.41) is 4.14. The number of aromatic nitrogens is 4. The largest absolute Gasteiger partial charge is 0.383 e. The van der Waals surface area contributed by atoms with Crippen molar-refractivity contribution in [1.82, 2.24) is 19.7 Å². The highest BCUT2D eigenvalue weighted by molar-refractivity contribution is 5.93. The summed E-state index contributed by atoms with van der Waals surface area (Å²) in [6, 6.07) is 5.86. The molecule has 34 heavy (non-hydrogen) atoms. The molecule has 1 saturated carbocycles. The Bertz CT molecular complexity index is 1190. The number of carbonyl (C=O) groups is 1. The minimum Gasteiger partial charge on any atom is -0.383 e. The maximum absolute atomic E-state index is 13.2. The van der Waals surface area contributed by atoms with E-state index in [1.54, 1.807) is 29.5 Å². The molecule has 3 aromatic rings. The van der Waals surface area contributed by atoms with Gasteiger partial charge in [0.2, 0.25) is 0 Å². The predicted octanol–water partition coefficient (Wildman–Crippen LogP) is 3.94. The highest BCUT2D eigenvalue weighted by Gasteiger charge is 2.71. The molecule has 0 radical (unpaired) electrons. The average Bonchev–Trinajstić information content (AvgIpc) is 3.37. The Morgan fingerprint density at radius 1 is 1.18 bits per heavy atom. The van der Waals surface area contributed by atoms with Gasteiger partial charge in [-0.3, -0.25) is 9.48 Å². The van der Waals surface area contributed by atoms with E-state index in [-0.39, 0.29) is 5.78 Å². The van der Waals surface area contributed by atoms with Crippen molar-refractivity contribution in [2.24, 2.45) is 11.8 Å². The molecular formula is C25H28F2N6O. The molecule has 0 bridgehead atoms. The number of carbonyl (C=O) groups excluding carboxylic acids is 1. The Hall–Kier alpha value is -3.36. The zero-order chi connectivity index (χ0) is 24.0. The molecule has 3 aromatic heterocycles. The fourth-order valence-electron chi connectivity index (χ4n) is 4.99. The van der Waals surface area contributed by atoms with E-state index in [0.717, 1.165) is 23.6 Å². The van der Waals surface area contributed by atoms with Crippen LogP contribution in [0.4, 0.5) is 20.4 Å². The third kappa shape index (κ3) is 4.15. The summed E-state index contributed by atoms with van der Waals surface area (Å²) in [6.45, 7) is 5.02. The topological polar surface area (TPSA) is 89.9 Å². The van der Waals surface area contributed by atoms with Crippen LogP contribution in [0.5, 0.6) is 0 Å². The lowest BCUT2D eigenvalue weighted by molar-refractivity contribution is 0.0796. The van der Waals surface area contributed by atoms with Crippen LogP contribution >= 0.6 is 0 Å². The summed E-state index contributed by atoms with van der Waals surface area (Å²) in [7, 11) is 0. The number of rotatable bonds is 4. The monoisotopic (exact) mass is 466 g/mol. The van der Waals surface area contributed by atoms with Crippen molar-refractivity contribution in [3.05, 3.63) is 65.2 Å². The second-order valence-corrected chi connectivity index (χ2v) is 9.50. The van der Waals surface area contributed by atoms with E-state index in [9.17, 15) is 13.6 Å². The third-order valence-electron chi connectivity index (χ3n) is 7.20. The quantitative estimate of drug-likeness (QED) is 0.586.